The molecule has 1 aromatic carbocycles. The minimum atomic E-state index is 0.200. The van der Waals surface area contributed by atoms with Crippen LogP contribution in [-0.4, -0.2) is 26.7 Å². The molecular formula is C17H28N2. The summed E-state index contributed by atoms with van der Waals surface area (Å²) >= 11 is 0. The van der Waals surface area contributed by atoms with Crippen LogP contribution in [0.5, 0.6) is 0 Å². The van der Waals surface area contributed by atoms with E-state index < -0.39 is 0 Å². The van der Waals surface area contributed by atoms with E-state index in [-0.39, 0.29) is 5.41 Å². The number of hydrogen-bond donors (Lipinski definition) is 2. The summed E-state index contributed by atoms with van der Waals surface area (Å²) in [5.41, 5.74) is 2.13. The number of hydrogen-bond acceptors (Lipinski definition) is 2. The fraction of sp³-hybridized carbons (Fsp3) is 0.647. The fourth-order valence-electron chi connectivity index (χ4n) is 3.10. The Morgan fingerprint density at radius 1 is 1.11 bits per heavy atom. The summed E-state index contributed by atoms with van der Waals surface area (Å²) in [6.07, 6.45) is 4.13. The van der Waals surface area contributed by atoms with Crippen LogP contribution in [0, 0.1) is 5.41 Å². The quantitative estimate of drug-likeness (QED) is 0.787. The normalized spacial score (nSPS) is 18.1. The molecule has 0 aromatic heterocycles. The van der Waals surface area contributed by atoms with Crippen LogP contribution in [0.1, 0.15) is 38.7 Å². The van der Waals surface area contributed by atoms with Crippen molar-refractivity contribution >= 4 is 0 Å². The largest absolute Gasteiger partial charge is 0.319 e. The van der Waals surface area contributed by atoms with Crippen LogP contribution in [0.3, 0.4) is 0 Å². The maximum atomic E-state index is 3.71. The van der Waals surface area contributed by atoms with E-state index in [4.69, 9.17) is 0 Å². The van der Waals surface area contributed by atoms with Crippen molar-refractivity contribution in [2.75, 3.05) is 26.7 Å². The van der Waals surface area contributed by atoms with E-state index in [0.29, 0.717) is 5.41 Å². The van der Waals surface area contributed by atoms with E-state index in [1.807, 2.05) is 0 Å². The molecule has 0 aliphatic heterocycles. The molecule has 0 heterocycles. The summed E-state index contributed by atoms with van der Waals surface area (Å²) in [5.74, 6) is 0. The highest BCUT2D eigenvalue weighted by molar-refractivity contribution is 5.23. The Bertz CT molecular complexity index is 380. The molecule has 0 amide bonds. The Labute approximate surface area is 118 Å². The van der Waals surface area contributed by atoms with Crippen molar-refractivity contribution in [3.63, 3.8) is 0 Å². The van der Waals surface area contributed by atoms with Crippen LogP contribution in [0.25, 0.3) is 0 Å². The van der Waals surface area contributed by atoms with Gasteiger partial charge in [-0.3, -0.25) is 0 Å². The first-order valence-electron chi connectivity index (χ1n) is 7.49. The van der Waals surface area contributed by atoms with Crippen molar-refractivity contribution < 1.29 is 0 Å². The average Bonchev–Trinajstić information content (AvgIpc) is 2.37. The lowest BCUT2D eigenvalue weighted by Crippen LogP contribution is -2.48. The third-order valence-corrected chi connectivity index (χ3v) is 4.59. The van der Waals surface area contributed by atoms with Gasteiger partial charge in [-0.2, -0.15) is 0 Å². The zero-order valence-electron chi connectivity index (χ0n) is 12.6. The molecule has 0 spiro atoms. The molecule has 2 rings (SSSR count). The van der Waals surface area contributed by atoms with Crippen LogP contribution in [0.4, 0.5) is 0 Å². The first-order chi connectivity index (χ1) is 9.08. The predicted molar refractivity (Wildman–Crippen MR) is 82.5 cm³/mol. The molecule has 1 saturated carbocycles. The van der Waals surface area contributed by atoms with Crippen LogP contribution >= 0.6 is 0 Å². The Morgan fingerprint density at radius 2 is 1.79 bits per heavy atom. The van der Waals surface area contributed by atoms with Crippen LogP contribution in [0.15, 0.2) is 30.3 Å². The highest BCUT2D eigenvalue weighted by Gasteiger charge is 2.36. The minimum absolute atomic E-state index is 0.200. The van der Waals surface area contributed by atoms with E-state index in [2.05, 4.69) is 61.9 Å². The minimum Gasteiger partial charge on any atom is -0.319 e. The Morgan fingerprint density at radius 3 is 2.32 bits per heavy atom. The van der Waals surface area contributed by atoms with Gasteiger partial charge >= 0.3 is 0 Å². The van der Waals surface area contributed by atoms with Crippen molar-refractivity contribution in [1.29, 1.82) is 0 Å². The lowest BCUT2D eigenvalue weighted by Gasteiger charge is -2.43. The molecule has 0 saturated heterocycles. The second kappa shape index (κ2) is 6.06. The second-order valence-electron chi connectivity index (χ2n) is 6.74. The molecule has 0 bridgehead atoms. The number of rotatable bonds is 7. The lowest BCUT2D eigenvalue weighted by molar-refractivity contribution is 0.128. The molecule has 106 valence electrons. The summed E-state index contributed by atoms with van der Waals surface area (Å²) in [7, 11) is 2.06. The third kappa shape index (κ3) is 3.58. The molecule has 2 heteroatoms. The molecule has 1 aromatic rings. The van der Waals surface area contributed by atoms with Gasteiger partial charge in [-0.25, -0.2) is 0 Å². The summed E-state index contributed by atoms with van der Waals surface area (Å²) in [5, 5.41) is 7.06. The van der Waals surface area contributed by atoms with Crippen molar-refractivity contribution in [3.05, 3.63) is 35.9 Å². The van der Waals surface area contributed by atoms with Crippen LogP contribution < -0.4 is 10.6 Å². The average molecular weight is 260 g/mol. The molecular weight excluding hydrogens is 232 g/mol. The number of nitrogens with one attached hydrogen (secondary N) is 2. The molecule has 2 N–H and O–H groups in total. The van der Waals surface area contributed by atoms with E-state index in [1.165, 1.54) is 24.8 Å². The first-order valence-corrected chi connectivity index (χ1v) is 7.49. The fourth-order valence-corrected chi connectivity index (χ4v) is 3.10. The van der Waals surface area contributed by atoms with Gasteiger partial charge in [0.15, 0.2) is 0 Å². The summed E-state index contributed by atoms with van der Waals surface area (Å²) in [6, 6.07) is 10.8. The molecule has 0 radical (unpaired) electrons. The SMILES string of the molecule is CNCC1(CNCC(C)(C)c2ccccc2)CCC1. The monoisotopic (exact) mass is 260 g/mol. The van der Waals surface area contributed by atoms with E-state index in [9.17, 15) is 0 Å². The van der Waals surface area contributed by atoms with Crippen molar-refractivity contribution in [2.45, 2.75) is 38.5 Å². The lowest BCUT2D eigenvalue weighted by atomic mass is 9.68. The van der Waals surface area contributed by atoms with Crippen LogP contribution in [-0.2, 0) is 5.41 Å². The zero-order chi connectivity index (χ0) is 13.8. The maximum Gasteiger partial charge on any atom is 0.00434 e. The molecule has 0 atom stereocenters. The van der Waals surface area contributed by atoms with Gasteiger partial charge in [0.2, 0.25) is 0 Å². The molecule has 19 heavy (non-hydrogen) atoms. The topological polar surface area (TPSA) is 24.1 Å². The molecule has 1 aliphatic carbocycles. The van der Waals surface area contributed by atoms with Gasteiger partial charge in [-0.05, 0) is 30.9 Å². The summed E-state index contributed by atoms with van der Waals surface area (Å²) < 4.78 is 0. The highest BCUT2D eigenvalue weighted by atomic mass is 14.9. The van der Waals surface area contributed by atoms with Crippen molar-refractivity contribution in [3.8, 4) is 0 Å². The molecule has 0 unspecified atom stereocenters. The standard InChI is InChI=1S/C17H28N2/c1-16(2,15-8-5-4-6-9-15)12-19-14-17(13-18-3)10-7-11-17/h4-6,8-9,18-19H,7,10-14H2,1-3H3. The Balaban J connectivity index is 1.85. The van der Waals surface area contributed by atoms with Gasteiger partial charge in [0.25, 0.3) is 0 Å². The zero-order valence-corrected chi connectivity index (χ0v) is 12.6. The van der Waals surface area contributed by atoms with E-state index in [1.54, 1.807) is 0 Å². The van der Waals surface area contributed by atoms with Gasteiger partial charge in [0, 0.05) is 25.0 Å². The Kier molecular flexibility index (Phi) is 4.64. The van der Waals surface area contributed by atoms with E-state index >= 15 is 0 Å². The van der Waals surface area contributed by atoms with Gasteiger partial charge in [-0.15, -0.1) is 0 Å². The van der Waals surface area contributed by atoms with Crippen molar-refractivity contribution in [2.24, 2.45) is 5.41 Å². The number of benzene rings is 1. The third-order valence-electron chi connectivity index (χ3n) is 4.59. The Hall–Kier alpha value is -0.860. The molecule has 1 aliphatic rings. The first kappa shape index (κ1) is 14.5. The maximum absolute atomic E-state index is 3.71. The van der Waals surface area contributed by atoms with Crippen molar-refractivity contribution in [1.82, 2.24) is 10.6 Å². The highest BCUT2D eigenvalue weighted by Crippen LogP contribution is 2.39. The van der Waals surface area contributed by atoms with E-state index in [0.717, 1.165) is 19.6 Å². The predicted octanol–water partition coefficient (Wildman–Crippen LogP) is 2.94. The second-order valence-corrected chi connectivity index (χ2v) is 6.74. The van der Waals surface area contributed by atoms with Crippen LogP contribution in [0.2, 0.25) is 0 Å². The van der Waals surface area contributed by atoms with Gasteiger partial charge in [0.1, 0.15) is 0 Å². The smallest absolute Gasteiger partial charge is 0.00434 e. The molecule has 1 fully saturated rings. The molecule has 2 nitrogen and oxygen atoms in total. The van der Waals surface area contributed by atoms with Gasteiger partial charge in [0.05, 0.1) is 0 Å². The van der Waals surface area contributed by atoms with Gasteiger partial charge < -0.3 is 10.6 Å². The summed E-state index contributed by atoms with van der Waals surface area (Å²) in [6.45, 7) is 7.97. The summed E-state index contributed by atoms with van der Waals surface area (Å²) in [4.78, 5) is 0. The van der Waals surface area contributed by atoms with Gasteiger partial charge in [-0.1, -0.05) is 50.6 Å².